The van der Waals surface area contributed by atoms with Crippen LogP contribution in [0.25, 0.3) is 0 Å². The number of rotatable bonds is 7. The first-order valence-corrected chi connectivity index (χ1v) is 10.9. The van der Waals surface area contributed by atoms with Gasteiger partial charge in [-0.05, 0) is 94.5 Å². The summed E-state index contributed by atoms with van der Waals surface area (Å²) < 4.78 is 0. The Labute approximate surface area is 177 Å². The number of piperidine rings is 1. The van der Waals surface area contributed by atoms with Crippen LogP contribution in [-0.2, 0) is 4.79 Å². The van der Waals surface area contributed by atoms with Crippen LogP contribution >= 0.6 is 12.4 Å². The maximum Gasteiger partial charge on any atom is 0.220 e. The molecule has 0 aromatic heterocycles. The van der Waals surface area contributed by atoms with Crippen LogP contribution in [0.3, 0.4) is 0 Å². The molecule has 1 heterocycles. The largest absolute Gasteiger partial charge is 0.370 e. The molecule has 3 rings (SSSR count). The molecular weight excluding hydrogens is 370 g/mol. The minimum absolute atomic E-state index is 0. The van der Waals surface area contributed by atoms with E-state index in [0.717, 1.165) is 19.6 Å². The standard InChI is InChI=1S/C23H37N3O.ClH/c1-3-26(21-6-4-5-19(2)17-21)16-15-25-22(27)18-20-7-9-23(10-8-20)11-13-24-14-12-23;/h4-6,17,20,24H,3,7-16,18H2,1-2H3,(H,25,27);1H. The lowest BCUT2D eigenvalue weighted by Crippen LogP contribution is -2.40. The van der Waals surface area contributed by atoms with E-state index in [2.05, 4.69) is 53.6 Å². The van der Waals surface area contributed by atoms with E-state index in [1.807, 2.05) is 0 Å². The van der Waals surface area contributed by atoms with Crippen LogP contribution in [0, 0.1) is 18.3 Å². The van der Waals surface area contributed by atoms with Crippen LogP contribution in [0.15, 0.2) is 24.3 Å². The predicted octanol–water partition coefficient (Wildman–Crippen LogP) is 4.31. The smallest absolute Gasteiger partial charge is 0.220 e. The molecule has 0 unspecified atom stereocenters. The number of carbonyl (C=O) groups is 1. The maximum absolute atomic E-state index is 12.4. The Bertz CT molecular complexity index is 606. The number of hydrogen-bond acceptors (Lipinski definition) is 3. The summed E-state index contributed by atoms with van der Waals surface area (Å²) in [5.41, 5.74) is 3.11. The molecule has 2 aliphatic rings. The Morgan fingerprint density at radius 3 is 2.57 bits per heavy atom. The van der Waals surface area contributed by atoms with E-state index in [1.165, 1.54) is 62.9 Å². The van der Waals surface area contributed by atoms with Gasteiger partial charge in [0.1, 0.15) is 0 Å². The van der Waals surface area contributed by atoms with Gasteiger partial charge in [-0.3, -0.25) is 4.79 Å². The lowest BCUT2D eigenvalue weighted by molar-refractivity contribution is -0.122. The second-order valence-electron chi connectivity index (χ2n) is 8.67. The van der Waals surface area contributed by atoms with E-state index in [-0.39, 0.29) is 18.3 Å². The summed E-state index contributed by atoms with van der Waals surface area (Å²) in [6, 6.07) is 8.59. The first-order valence-electron chi connectivity index (χ1n) is 10.9. The van der Waals surface area contributed by atoms with Crippen molar-refractivity contribution in [3.05, 3.63) is 29.8 Å². The molecular formula is C23H38ClN3O. The fourth-order valence-electron chi connectivity index (χ4n) is 4.91. The highest BCUT2D eigenvalue weighted by Crippen LogP contribution is 2.45. The summed E-state index contributed by atoms with van der Waals surface area (Å²) in [5, 5.41) is 6.64. The molecule has 0 atom stereocenters. The van der Waals surface area contributed by atoms with Crippen LogP contribution in [0.1, 0.15) is 57.4 Å². The molecule has 1 saturated heterocycles. The highest BCUT2D eigenvalue weighted by atomic mass is 35.5. The van der Waals surface area contributed by atoms with Gasteiger partial charge in [0, 0.05) is 31.7 Å². The van der Waals surface area contributed by atoms with E-state index in [4.69, 9.17) is 0 Å². The van der Waals surface area contributed by atoms with Crippen molar-refractivity contribution in [3.63, 3.8) is 0 Å². The van der Waals surface area contributed by atoms with Gasteiger partial charge in [-0.15, -0.1) is 12.4 Å². The molecule has 2 fully saturated rings. The third-order valence-electron chi connectivity index (χ3n) is 6.76. The third-order valence-corrected chi connectivity index (χ3v) is 6.76. The molecule has 5 heteroatoms. The number of nitrogens with zero attached hydrogens (tertiary/aromatic N) is 1. The molecule has 2 N–H and O–H groups in total. The number of halogens is 1. The van der Waals surface area contributed by atoms with Gasteiger partial charge >= 0.3 is 0 Å². The summed E-state index contributed by atoms with van der Waals surface area (Å²) in [6.45, 7) is 9.20. The van der Waals surface area contributed by atoms with Gasteiger partial charge in [-0.1, -0.05) is 12.1 Å². The number of hydrogen-bond donors (Lipinski definition) is 2. The predicted molar refractivity (Wildman–Crippen MR) is 120 cm³/mol. The Hall–Kier alpha value is -1.26. The monoisotopic (exact) mass is 407 g/mol. The number of likely N-dealkylation sites (N-methyl/N-ethyl adjacent to an activating group) is 1. The van der Waals surface area contributed by atoms with Crippen molar-refractivity contribution in [2.75, 3.05) is 37.6 Å². The number of benzene rings is 1. The van der Waals surface area contributed by atoms with Crippen LogP contribution in [0.5, 0.6) is 0 Å². The number of aryl methyl sites for hydroxylation is 1. The van der Waals surface area contributed by atoms with Crippen molar-refractivity contribution in [1.29, 1.82) is 0 Å². The number of anilines is 1. The van der Waals surface area contributed by atoms with Gasteiger partial charge in [-0.2, -0.15) is 0 Å². The topological polar surface area (TPSA) is 44.4 Å². The van der Waals surface area contributed by atoms with E-state index in [9.17, 15) is 4.79 Å². The van der Waals surface area contributed by atoms with Gasteiger partial charge < -0.3 is 15.5 Å². The Balaban J connectivity index is 0.00000280. The highest BCUT2D eigenvalue weighted by Gasteiger charge is 2.36. The van der Waals surface area contributed by atoms with Crippen molar-refractivity contribution in [3.8, 4) is 0 Å². The second-order valence-corrected chi connectivity index (χ2v) is 8.67. The van der Waals surface area contributed by atoms with Crippen molar-refractivity contribution in [2.45, 2.75) is 58.8 Å². The van der Waals surface area contributed by atoms with Gasteiger partial charge in [0.05, 0.1) is 0 Å². The van der Waals surface area contributed by atoms with E-state index >= 15 is 0 Å². The molecule has 1 aromatic rings. The Morgan fingerprint density at radius 2 is 1.93 bits per heavy atom. The minimum atomic E-state index is 0. The zero-order valence-electron chi connectivity index (χ0n) is 17.6. The first kappa shape index (κ1) is 23.0. The number of carbonyl (C=O) groups excluding carboxylic acids is 1. The third kappa shape index (κ3) is 6.38. The molecule has 28 heavy (non-hydrogen) atoms. The quantitative estimate of drug-likeness (QED) is 0.707. The zero-order valence-corrected chi connectivity index (χ0v) is 18.5. The van der Waals surface area contributed by atoms with Crippen LogP contribution in [0.2, 0.25) is 0 Å². The fourth-order valence-corrected chi connectivity index (χ4v) is 4.91. The molecule has 1 spiro atoms. The van der Waals surface area contributed by atoms with E-state index in [0.29, 0.717) is 17.8 Å². The number of amides is 1. The molecule has 158 valence electrons. The number of nitrogens with one attached hydrogen (secondary N) is 2. The SMILES string of the molecule is CCN(CCNC(=O)CC1CCC2(CCNCC2)CC1)c1cccc(C)c1.Cl. The lowest BCUT2D eigenvalue weighted by atomic mass is 9.65. The van der Waals surface area contributed by atoms with Gasteiger partial charge in [0.25, 0.3) is 0 Å². The average Bonchev–Trinajstić information content (AvgIpc) is 2.68. The van der Waals surface area contributed by atoms with E-state index < -0.39 is 0 Å². The summed E-state index contributed by atoms with van der Waals surface area (Å²) in [4.78, 5) is 14.7. The molecule has 1 aliphatic heterocycles. The maximum atomic E-state index is 12.4. The fraction of sp³-hybridized carbons (Fsp3) is 0.696. The minimum Gasteiger partial charge on any atom is -0.370 e. The molecule has 4 nitrogen and oxygen atoms in total. The summed E-state index contributed by atoms with van der Waals surface area (Å²) in [7, 11) is 0. The first-order chi connectivity index (χ1) is 13.1. The Morgan fingerprint density at radius 1 is 1.21 bits per heavy atom. The van der Waals surface area contributed by atoms with Crippen molar-refractivity contribution >= 4 is 24.0 Å². The summed E-state index contributed by atoms with van der Waals surface area (Å²) in [5.74, 6) is 0.825. The van der Waals surface area contributed by atoms with Crippen LogP contribution < -0.4 is 15.5 Å². The Kier molecular flexibility index (Phi) is 9.10. The summed E-state index contributed by atoms with van der Waals surface area (Å²) in [6.07, 6.45) is 8.49. The zero-order chi connectivity index (χ0) is 19.1. The lowest BCUT2D eigenvalue weighted by Gasteiger charge is -2.43. The average molecular weight is 408 g/mol. The van der Waals surface area contributed by atoms with Gasteiger partial charge in [0.2, 0.25) is 5.91 Å². The van der Waals surface area contributed by atoms with Crippen LogP contribution in [0.4, 0.5) is 5.69 Å². The van der Waals surface area contributed by atoms with E-state index in [1.54, 1.807) is 0 Å². The van der Waals surface area contributed by atoms with Gasteiger partial charge in [0.15, 0.2) is 0 Å². The van der Waals surface area contributed by atoms with Gasteiger partial charge in [-0.25, -0.2) is 0 Å². The molecule has 1 amide bonds. The summed E-state index contributed by atoms with van der Waals surface area (Å²) >= 11 is 0. The molecule has 0 radical (unpaired) electrons. The normalized spacial score (nSPS) is 19.1. The van der Waals surface area contributed by atoms with Crippen molar-refractivity contribution in [2.24, 2.45) is 11.3 Å². The highest BCUT2D eigenvalue weighted by molar-refractivity contribution is 5.85. The molecule has 1 aliphatic carbocycles. The second kappa shape index (κ2) is 11.1. The molecule has 1 aromatic carbocycles. The van der Waals surface area contributed by atoms with Crippen LogP contribution in [-0.4, -0.2) is 38.6 Å². The van der Waals surface area contributed by atoms with Crippen molar-refractivity contribution < 1.29 is 4.79 Å². The van der Waals surface area contributed by atoms with Crippen molar-refractivity contribution in [1.82, 2.24) is 10.6 Å². The molecule has 1 saturated carbocycles. The molecule has 0 bridgehead atoms.